The van der Waals surface area contributed by atoms with E-state index >= 15 is 0 Å². The molecule has 9 heteroatoms. The summed E-state index contributed by atoms with van der Waals surface area (Å²) < 4.78 is 15.8. The Bertz CT molecular complexity index is 1150. The molecule has 0 unspecified atom stereocenters. The summed E-state index contributed by atoms with van der Waals surface area (Å²) in [5.74, 6) is 3.46. The van der Waals surface area contributed by atoms with Crippen molar-refractivity contribution in [3.63, 3.8) is 0 Å². The Morgan fingerprint density at radius 2 is 1.82 bits per heavy atom. The monoisotopic (exact) mass is 463 g/mol. The molecule has 1 aliphatic heterocycles. The van der Waals surface area contributed by atoms with E-state index in [0.717, 1.165) is 16.9 Å². The molecule has 0 aliphatic carbocycles. The van der Waals surface area contributed by atoms with Gasteiger partial charge in [-0.15, -0.1) is 0 Å². The molecule has 0 bridgehead atoms. The SMILES string of the molecule is COc1ccc(/C=C\C(=O)N2CCN(c3ccc(-c4noc(C(C)C)n4)cn3)CC2)cc1OC. The highest BCUT2D eigenvalue weighted by atomic mass is 16.5. The van der Waals surface area contributed by atoms with Gasteiger partial charge < -0.3 is 23.8 Å². The van der Waals surface area contributed by atoms with Gasteiger partial charge in [0.1, 0.15) is 5.82 Å². The van der Waals surface area contributed by atoms with Crippen molar-refractivity contribution in [1.29, 1.82) is 0 Å². The van der Waals surface area contributed by atoms with Crippen LogP contribution in [0, 0.1) is 0 Å². The number of methoxy groups -OCH3 is 2. The molecular formula is C25H29N5O4. The van der Waals surface area contributed by atoms with Gasteiger partial charge in [-0.2, -0.15) is 4.98 Å². The topological polar surface area (TPSA) is 93.8 Å². The van der Waals surface area contributed by atoms with E-state index in [0.29, 0.717) is 49.4 Å². The maximum Gasteiger partial charge on any atom is 0.246 e. The summed E-state index contributed by atoms with van der Waals surface area (Å²) in [4.78, 5) is 25.7. The van der Waals surface area contributed by atoms with E-state index in [9.17, 15) is 4.79 Å². The summed E-state index contributed by atoms with van der Waals surface area (Å²) in [5, 5.41) is 4.03. The zero-order valence-corrected chi connectivity index (χ0v) is 19.9. The predicted molar refractivity (Wildman–Crippen MR) is 129 cm³/mol. The lowest BCUT2D eigenvalue weighted by Gasteiger charge is -2.35. The lowest BCUT2D eigenvalue weighted by molar-refractivity contribution is -0.126. The predicted octanol–water partition coefficient (Wildman–Crippen LogP) is 3.63. The third-order valence-corrected chi connectivity index (χ3v) is 5.68. The van der Waals surface area contributed by atoms with Crippen LogP contribution in [0.1, 0.15) is 31.2 Å². The number of anilines is 1. The van der Waals surface area contributed by atoms with Gasteiger partial charge >= 0.3 is 0 Å². The number of nitrogens with zero attached hydrogens (tertiary/aromatic N) is 5. The number of piperazine rings is 1. The van der Waals surface area contributed by atoms with E-state index in [2.05, 4.69) is 20.0 Å². The summed E-state index contributed by atoms with van der Waals surface area (Å²) in [6.07, 6.45) is 5.15. The van der Waals surface area contributed by atoms with Crippen molar-refractivity contribution < 1.29 is 18.8 Å². The molecule has 1 aromatic carbocycles. The second-order valence-corrected chi connectivity index (χ2v) is 8.28. The van der Waals surface area contributed by atoms with Crippen molar-refractivity contribution in [3.05, 3.63) is 54.1 Å². The Balaban J connectivity index is 1.33. The van der Waals surface area contributed by atoms with E-state index in [4.69, 9.17) is 14.0 Å². The molecule has 3 aromatic rings. The minimum Gasteiger partial charge on any atom is -0.493 e. The number of hydrogen-bond donors (Lipinski definition) is 0. The smallest absolute Gasteiger partial charge is 0.246 e. The summed E-state index contributed by atoms with van der Waals surface area (Å²) in [5.41, 5.74) is 1.68. The van der Waals surface area contributed by atoms with Crippen LogP contribution >= 0.6 is 0 Å². The van der Waals surface area contributed by atoms with Gasteiger partial charge in [0, 0.05) is 49.9 Å². The fraction of sp³-hybridized carbons (Fsp3) is 0.360. The first kappa shape index (κ1) is 23.3. The fourth-order valence-corrected chi connectivity index (χ4v) is 3.68. The minimum absolute atomic E-state index is 0.0178. The third-order valence-electron chi connectivity index (χ3n) is 5.68. The maximum atomic E-state index is 12.7. The number of aromatic nitrogens is 3. The molecule has 0 N–H and O–H groups in total. The lowest BCUT2D eigenvalue weighted by Crippen LogP contribution is -2.48. The van der Waals surface area contributed by atoms with E-state index in [1.165, 1.54) is 0 Å². The first-order valence-corrected chi connectivity index (χ1v) is 11.2. The summed E-state index contributed by atoms with van der Waals surface area (Å²) in [6.45, 7) is 6.69. The van der Waals surface area contributed by atoms with Crippen LogP contribution in [-0.2, 0) is 4.79 Å². The first-order valence-electron chi connectivity index (χ1n) is 11.2. The first-order chi connectivity index (χ1) is 16.5. The highest BCUT2D eigenvalue weighted by Crippen LogP contribution is 2.28. The Labute approximate surface area is 199 Å². The molecule has 0 radical (unpaired) electrons. The Kier molecular flexibility index (Phi) is 7.10. The fourth-order valence-electron chi connectivity index (χ4n) is 3.68. The van der Waals surface area contributed by atoms with Crippen molar-refractivity contribution in [2.45, 2.75) is 19.8 Å². The molecule has 2 aromatic heterocycles. The van der Waals surface area contributed by atoms with Crippen LogP contribution in [0.5, 0.6) is 11.5 Å². The van der Waals surface area contributed by atoms with Crippen molar-refractivity contribution in [2.75, 3.05) is 45.3 Å². The molecule has 3 heterocycles. The number of ether oxygens (including phenoxy) is 2. The molecule has 1 saturated heterocycles. The lowest BCUT2D eigenvalue weighted by atomic mass is 10.2. The van der Waals surface area contributed by atoms with Gasteiger partial charge in [0.05, 0.1) is 14.2 Å². The quantitative estimate of drug-likeness (QED) is 0.491. The summed E-state index contributed by atoms with van der Waals surface area (Å²) in [6, 6.07) is 9.45. The zero-order valence-electron chi connectivity index (χ0n) is 19.9. The zero-order chi connectivity index (χ0) is 24.1. The Hall–Kier alpha value is -3.88. The normalized spacial score (nSPS) is 14.1. The molecule has 1 aliphatic rings. The molecule has 9 nitrogen and oxygen atoms in total. The molecule has 178 valence electrons. The van der Waals surface area contributed by atoms with Crippen molar-refractivity contribution >= 4 is 17.8 Å². The molecule has 1 amide bonds. The van der Waals surface area contributed by atoms with Crippen LogP contribution in [0.3, 0.4) is 0 Å². The van der Waals surface area contributed by atoms with E-state index in [1.807, 2.05) is 49.1 Å². The van der Waals surface area contributed by atoms with E-state index in [1.54, 1.807) is 32.6 Å². The van der Waals surface area contributed by atoms with Crippen molar-refractivity contribution in [2.24, 2.45) is 0 Å². The summed E-state index contributed by atoms with van der Waals surface area (Å²) >= 11 is 0. The average Bonchev–Trinajstić information content (AvgIpc) is 3.38. The van der Waals surface area contributed by atoms with Crippen LogP contribution in [-0.4, -0.2) is 66.3 Å². The molecular weight excluding hydrogens is 434 g/mol. The van der Waals surface area contributed by atoms with E-state index < -0.39 is 0 Å². The van der Waals surface area contributed by atoms with Crippen molar-refractivity contribution in [1.82, 2.24) is 20.0 Å². The summed E-state index contributed by atoms with van der Waals surface area (Å²) in [7, 11) is 3.18. The van der Waals surface area contributed by atoms with Gasteiger partial charge in [-0.1, -0.05) is 25.1 Å². The Morgan fingerprint density at radius 1 is 1.06 bits per heavy atom. The van der Waals surface area contributed by atoms with Gasteiger partial charge in [-0.25, -0.2) is 4.98 Å². The van der Waals surface area contributed by atoms with Gasteiger partial charge in [0.15, 0.2) is 11.5 Å². The number of hydrogen-bond acceptors (Lipinski definition) is 8. The Morgan fingerprint density at radius 3 is 2.44 bits per heavy atom. The number of carbonyl (C=O) groups is 1. The van der Waals surface area contributed by atoms with Gasteiger partial charge in [-0.3, -0.25) is 4.79 Å². The number of carbonyl (C=O) groups excluding carboxylic acids is 1. The second-order valence-electron chi connectivity index (χ2n) is 8.28. The molecule has 0 atom stereocenters. The van der Waals surface area contributed by atoms with Crippen LogP contribution in [0.2, 0.25) is 0 Å². The van der Waals surface area contributed by atoms with Gasteiger partial charge in [0.2, 0.25) is 17.6 Å². The van der Waals surface area contributed by atoms with Crippen LogP contribution in [0.4, 0.5) is 5.82 Å². The number of rotatable bonds is 7. The van der Waals surface area contributed by atoms with Crippen LogP contribution < -0.4 is 14.4 Å². The average molecular weight is 464 g/mol. The highest BCUT2D eigenvalue weighted by Gasteiger charge is 2.21. The molecule has 0 saturated carbocycles. The van der Waals surface area contributed by atoms with Gasteiger partial charge in [0.25, 0.3) is 0 Å². The molecule has 1 fully saturated rings. The third kappa shape index (κ3) is 5.19. The van der Waals surface area contributed by atoms with Crippen molar-refractivity contribution in [3.8, 4) is 22.9 Å². The minimum atomic E-state index is -0.0178. The number of amides is 1. The maximum absolute atomic E-state index is 12.7. The number of pyridine rings is 1. The largest absolute Gasteiger partial charge is 0.493 e. The number of benzene rings is 1. The van der Waals surface area contributed by atoms with Crippen LogP contribution in [0.15, 0.2) is 47.1 Å². The standard InChI is InChI=1S/C25H29N5O4/c1-17(2)25-27-24(28-34-25)19-7-9-22(26-16-19)29-11-13-30(14-12-29)23(31)10-6-18-5-8-20(32-3)21(15-18)33-4/h5-10,15-17H,11-14H2,1-4H3/b10-6-. The highest BCUT2D eigenvalue weighted by molar-refractivity contribution is 5.92. The molecule has 34 heavy (non-hydrogen) atoms. The molecule has 0 spiro atoms. The van der Waals surface area contributed by atoms with Crippen LogP contribution in [0.25, 0.3) is 17.5 Å². The second kappa shape index (κ2) is 10.4. The van der Waals surface area contributed by atoms with Gasteiger partial charge in [-0.05, 0) is 35.9 Å². The molecule has 4 rings (SSSR count). The van der Waals surface area contributed by atoms with E-state index in [-0.39, 0.29) is 11.8 Å².